The lowest BCUT2D eigenvalue weighted by Crippen LogP contribution is -2.62. The van der Waals surface area contributed by atoms with Gasteiger partial charge in [-0.3, -0.25) is 9.80 Å². The molecule has 0 aromatic carbocycles. The van der Waals surface area contributed by atoms with Crippen LogP contribution in [0.25, 0.3) is 0 Å². The Morgan fingerprint density at radius 3 is 2.48 bits per heavy atom. The fourth-order valence-corrected chi connectivity index (χ4v) is 5.26. The molecule has 21 heavy (non-hydrogen) atoms. The zero-order valence-corrected chi connectivity index (χ0v) is 14.6. The van der Waals surface area contributed by atoms with Gasteiger partial charge in [0, 0.05) is 31.7 Å². The maximum absolute atomic E-state index is 2.92. The number of rotatable bonds is 4. The molecule has 2 unspecified atom stereocenters. The van der Waals surface area contributed by atoms with Gasteiger partial charge in [0.15, 0.2) is 0 Å². The van der Waals surface area contributed by atoms with Crippen LogP contribution >= 0.6 is 0 Å². The molecule has 3 fully saturated rings. The zero-order chi connectivity index (χ0) is 14.9. The van der Waals surface area contributed by atoms with Gasteiger partial charge in [-0.1, -0.05) is 40.0 Å². The summed E-state index contributed by atoms with van der Waals surface area (Å²) in [5.74, 6) is 0.795. The maximum Gasteiger partial charge on any atom is 0.0247 e. The summed E-state index contributed by atoms with van der Waals surface area (Å²) in [6, 6.07) is 1.66. The predicted octanol–water partition coefficient (Wildman–Crippen LogP) is 4.15. The summed E-state index contributed by atoms with van der Waals surface area (Å²) in [6.07, 6.45) is 11.6. The van der Waals surface area contributed by atoms with Crippen molar-refractivity contribution in [3.63, 3.8) is 0 Å². The second-order valence-electron chi connectivity index (χ2n) is 8.45. The molecule has 0 amide bonds. The maximum atomic E-state index is 2.92. The van der Waals surface area contributed by atoms with E-state index in [9.17, 15) is 0 Å². The second kappa shape index (κ2) is 6.58. The van der Waals surface area contributed by atoms with Crippen LogP contribution in [0.2, 0.25) is 0 Å². The third-order valence-electron chi connectivity index (χ3n) is 6.81. The van der Waals surface area contributed by atoms with Gasteiger partial charge in [0.25, 0.3) is 0 Å². The topological polar surface area (TPSA) is 6.48 Å². The lowest BCUT2D eigenvalue weighted by molar-refractivity contribution is -0.0282. The fraction of sp³-hybridized carbons (Fsp3) is 1.00. The van der Waals surface area contributed by atoms with Crippen molar-refractivity contribution in [3.8, 4) is 0 Å². The van der Waals surface area contributed by atoms with Crippen molar-refractivity contribution in [2.45, 2.75) is 84.2 Å². The van der Waals surface area contributed by atoms with Crippen LogP contribution in [0.3, 0.4) is 0 Å². The third-order valence-corrected chi connectivity index (χ3v) is 6.81. The molecule has 2 atom stereocenters. The SMILES string of the molecule is CCC1(CN2CC3CCCCN3CC2C(C)C)CCCC1. The fourth-order valence-electron chi connectivity index (χ4n) is 5.26. The molecule has 1 saturated carbocycles. The van der Waals surface area contributed by atoms with Crippen molar-refractivity contribution < 1.29 is 0 Å². The summed E-state index contributed by atoms with van der Waals surface area (Å²) in [5, 5.41) is 0. The molecular formula is C19H36N2. The van der Waals surface area contributed by atoms with Crippen LogP contribution in [0.1, 0.15) is 72.1 Å². The molecule has 2 saturated heterocycles. The van der Waals surface area contributed by atoms with Gasteiger partial charge in [0.1, 0.15) is 0 Å². The molecule has 122 valence electrons. The van der Waals surface area contributed by atoms with E-state index in [2.05, 4.69) is 30.6 Å². The highest BCUT2D eigenvalue weighted by molar-refractivity contribution is 4.96. The molecule has 0 spiro atoms. The highest BCUT2D eigenvalue weighted by Crippen LogP contribution is 2.43. The summed E-state index contributed by atoms with van der Waals surface area (Å²) < 4.78 is 0. The van der Waals surface area contributed by atoms with Crippen molar-refractivity contribution in [1.82, 2.24) is 9.80 Å². The minimum absolute atomic E-state index is 0.657. The van der Waals surface area contributed by atoms with E-state index in [-0.39, 0.29) is 0 Å². The molecule has 0 aromatic heterocycles. The van der Waals surface area contributed by atoms with Crippen molar-refractivity contribution in [3.05, 3.63) is 0 Å². The minimum atomic E-state index is 0.657. The Balaban J connectivity index is 1.71. The number of piperidine rings is 1. The van der Waals surface area contributed by atoms with Crippen LogP contribution in [0, 0.1) is 11.3 Å². The summed E-state index contributed by atoms with van der Waals surface area (Å²) in [7, 11) is 0. The molecule has 2 aliphatic heterocycles. The number of fused-ring (bicyclic) bond motifs is 1. The predicted molar refractivity (Wildman–Crippen MR) is 90.6 cm³/mol. The van der Waals surface area contributed by atoms with E-state index in [1.165, 1.54) is 77.5 Å². The van der Waals surface area contributed by atoms with Crippen molar-refractivity contribution in [2.75, 3.05) is 26.2 Å². The van der Waals surface area contributed by atoms with Gasteiger partial charge >= 0.3 is 0 Å². The van der Waals surface area contributed by atoms with Crippen molar-refractivity contribution >= 4 is 0 Å². The smallest absolute Gasteiger partial charge is 0.0247 e. The zero-order valence-electron chi connectivity index (χ0n) is 14.6. The minimum Gasteiger partial charge on any atom is -0.298 e. The molecule has 2 nitrogen and oxygen atoms in total. The van der Waals surface area contributed by atoms with Gasteiger partial charge in [-0.15, -0.1) is 0 Å². The normalized spacial score (nSPS) is 34.3. The van der Waals surface area contributed by atoms with E-state index in [4.69, 9.17) is 0 Å². The van der Waals surface area contributed by atoms with Crippen molar-refractivity contribution in [1.29, 1.82) is 0 Å². The van der Waals surface area contributed by atoms with E-state index >= 15 is 0 Å². The Morgan fingerprint density at radius 1 is 1.05 bits per heavy atom. The van der Waals surface area contributed by atoms with E-state index < -0.39 is 0 Å². The van der Waals surface area contributed by atoms with Gasteiger partial charge in [0.2, 0.25) is 0 Å². The first kappa shape index (κ1) is 15.8. The lowest BCUT2D eigenvalue weighted by Gasteiger charge is -2.52. The number of nitrogens with zero attached hydrogens (tertiary/aromatic N) is 2. The van der Waals surface area contributed by atoms with Crippen LogP contribution < -0.4 is 0 Å². The first-order chi connectivity index (χ1) is 10.1. The first-order valence-corrected chi connectivity index (χ1v) is 9.62. The van der Waals surface area contributed by atoms with Crippen LogP contribution in [0.5, 0.6) is 0 Å². The average molecular weight is 293 g/mol. The van der Waals surface area contributed by atoms with E-state index in [0.29, 0.717) is 5.41 Å². The Hall–Kier alpha value is -0.0800. The molecular weight excluding hydrogens is 256 g/mol. The van der Waals surface area contributed by atoms with Crippen LogP contribution in [0.15, 0.2) is 0 Å². The average Bonchev–Trinajstić information content (AvgIpc) is 2.95. The van der Waals surface area contributed by atoms with E-state index in [1.807, 2.05) is 0 Å². The molecule has 2 heteroatoms. The summed E-state index contributed by atoms with van der Waals surface area (Å²) in [5.41, 5.74) is 0.657. The summed E-state index contributed by atoms with van der Waals surface area (Å²) >= 11 is 0. The Morgan fingerprint density at radius 2 is 1.81 bits per heavy atom. The lowest BCUT2D eigenvalue weighted by atomic mass is 9.81. The van der Waals surface area contributed by atoms with Crippen molar-refractivity contribution in [2.24, 2.45) is 11.3 Å². The van der Waals surface area contributed by atoms with Gasteiger partial charge < -0.3 is 0 Å². The summed E-state index contributed by atoms with van der Waals surface area (Å²) in [6.45, 7) is 12.8. The Bertz CT molecular complexity index is 332. The highest BCUT2D eigenvalue weighted by Gasteiger charge is 2.41. The van der Waals surface area contributed by atoms with Crippen LogP contribution in [0.4, 0.5) is 0 Å². The van der Waals surface area contributed by atoms with Gasteiger partial charge in [-0.2, -0.15) is 0 Å². The number of piperazine rings is 1. The molecule has 0 aromatic rings. The quantitative estimate of drug-likeness (QED) is 0.768. The molecule has 0 radical (unpaired) electrons. The monoisotopic (exact) mass is 292 g/mol. The first-order valence-electron chi connectivity index (χ1n) is 9.62. The number of hydrogen-bond acceptors (Lipinski definition) is 2. The highest BCUT2D eigenvalue weighted by atomic mass is 15.3. The van der Waals surface area contributed by atoms with Gasteiger partial charge in [-0.05, 0) is 50.0 Å². The van der Waals surface area contributed by atoms with Gasteiger partial charge in [0.05, 0.1) is 0 Å². The second-order valence-corrected chi connectivity index (χ2v) is 8.45. The molecule has 0 bridgehead atoms. The Labute approximate surface area is 132 Å². The molecule has 1 aliphatic carbocycles. The summed E-state index contributed by atoms with van der Waals surface area (Å²) in [4.78, 5) is 5.74. The van der Waals surface area contributed by atoms with Crippen LogP contribution in [-0.2, 0) is 0 Å². The standard InChI is InChI=1S/C19H36N2/c1-4-19(10-6-7-11-19)15-21-13-17-9-5-8-12-20(17)14-18(21)16(2)3/h16-18H,4-15H2,1-3H3. The largest absolute Gasteiger partial charge is 0.298 e. The van der Waals surface area contributed by atoms with E-state index in [1.54, 1.807) is 0 Å². The van der Waals surface area contributed by atoms with E-state index in [0.717, 1.165) is 18.0 Å². The Kier molecular flexibility index (Phi) is 4.95. The molecule has 3 rings (SSSR count). The number of hydrogen-bond donors (Lipinski definition) is 0. The third kappa shape index (κ3) is 3.32. The molecule has 3 aliphatic rings. The van der Waals surface area contributed by atoms with Crippen LogP contribution in [-0.4, -0.2) is 48.1 Å². The molecule has 0 N–H and O–H groups in total. The van der Waals surface area contributed by atoms with Gasteiger partial charge in [-0.25, -0.2) is 0 Å². The molecule has 2 heterocycles.